The van der Waals surface area contributed by atoms with Gasteiger partial charge < -0.3 is 10.4 Å². The van der Waals surface area contributed by atoms with E-state index in [1.54, 1.807) is 0 Å². The van der Waals surface area contributed by atoms with Crippen LogP contribution in [-0.2, 0) is 0 Å². The number of rotatable bonds is 5. The number of aliphatic hydroxyl groups excluding tert-OH is 1. The Morgan fingerprint density at radius 3 is 2.47 bits per heavy atom. The van der Waals surface area contributed by atoms with E-state index in [1.165, 1.54) is 11.1 Å². The molecule has 1 aromatic rings. The molecule has 0 aliphatic carbocycles. The van der Waals surface area contributed by atoms with E-state index in [1.807, 2.05) is 0 Å². The van der Waals surface area contributed by atoms with Gasteiger partial charge in [-0.2, -0.15) is 0 Å². The highest BCUT2D eigenvalue weighted by Gasteiger charge is 2.15. The maximum Gasteiger partial charge on any atom is 0.0556 e. The van der Waals surface area contributed by atoms with Crippen molar-refractivity contribution in [1.82, 2.24) is 5.32 Å². The van der Waals surface area contributed by atoms with Crippen molar-refractivity contribution in [1.29, 1.82) is 0 Å². The topological polar surface area (TPSA) is 32.3 Å². The van der Waals surface area contributed by atoms with Crippen molar-refractivity contribution in [3.63, 3.8) is 0 Å². The van der Waals surface area contributed by atoms with Gasteiger partial charge in [-0.05, 0) is 24.0 Å². The molecular weight excluding hydrogens is 186 g/mol. The van der Waals surface area contributed by atoms with Gasteiger partial charge in [-0.15, -0.1) is 0 Å². The third-order valence-corrected chi connectivity index (χ3v) is 2.67. The number of hydrogen-bond acceptors (Lipinski definition) is 2. The van der Waals surface area contributed by atoms with E-state index in [0.29, 0.717) is 18.5 Å². The van der Waals surface area contributed by atoms with Crippen LogP contribution in [0.3, 0.4) is 0 Å². The largest absolute Gasteiger partial charge is 0.395 e. The number of aryl methyl sites for hydroxylation is 1. The summed E-state index contributed by atoms with van der Waals surface area (Å²) < 4.78 is 0. The lowest BCUT2D eigenvalue weighted by Crippen LogP contribution is -2.28. The monoisotopic (exact) mass is 207 g/mol. The van der Waals surface area contributed by atoms with Crippen LogP contribution >= 0.6 is 0 Å². The zero-order valence-corrected chi connectivity index (χ0v) is 9.83. The van der Waals surface area contributed by atoms with Gasteiger partial charge >= 0.3 is 0 Å². The quantitative estimate of drug-likeness (QED) is 0.776. The summed E-state index contributed by atoms with van der Waals surface area (Å²) in [5.74, 6) is 0.526. The van der Waals surface area contributed by atoms with E-state index in [2.05, 4.69) is 50.4 Å². The van der Waals surface area contributed by atoms with Gasteiger partial charge in [0.2, 0.25) is 0 Å². The first-order chi connectivity index (χ1) is 7.16. The predicted octanol–water partition coefficient (Wildman–Crippen LogP) is 2.27. The molecule has 0 unspecified atom stereocenters. The van der Waals surface area contributed by atoms with Crippen LogP contribution in [0.25, 0.3) is 0 Å². The predicted molar refractivity (Wildman–Crippen MR) is 63.8 cm³/mol. The summed E-state index contributed by atoms with van der Waals surface area (Å²) in [7, 11) is 0. The maximum atomic E-state index is 8.85. The van der Waals surface area contributed by atoms with Crippen molar-refractivity contribution >= 4 is 0 Å². The smallest absolute Gasteiger partial charge is 0.0556 e. The first kappa shape index (κ1) is 12.2. The number of nitrogens with one attached hydrogen (secondary N) is 1. The number of benzene rings is 1. The molecule has 1 aromatic carbocycles. The van der Waals surface area contributed by atoms with Crippen molar-refractivity contribution in [2.45, 2.75) is 26.8 Å². The zero-order chi connectivity index (χ0) is 11.3. The molecule has 0 aliphatic heterocycles. The molecule has 2 heteroatoms. The number of aliphatic hydroxyl groups is 1. The number of hydrogen-bond donors (Lipinski definition) is 2. The Morgan fingerprint density at radius 1 is 1.27 bits per heavy atom. The van der Waals surface area contributed by atoms with E-state index in [0.717, 1.165) is 0 Å². The molecule has 84 valence electrons. The average Bonchev–Trinajstić information content (AvgIpc) is 2.20. The second kappa shape index (κ2) is 5.89. The highest BCUT2D eigenvalue weighted by atomic mass is 16.3. The standard InChI is InChI=1S/C13H21NO/c1-10(2)13(14-8-9-15)12-7-5-4-6-11(12)3/h4-7,10,13-15H,8-9H2,1-3H3/t13-/m0/s1. The summed E-state index contributed by atoms with van der Waals surface area (Å²) in [6, 6.07) is 8.74. The molecule has 0 radical (unpaired) electrons. The Morgan fingerprint density at radius 2 is 1.93 bits per heavy atom. The van der Waals surface area contributed by atoms with Crippen LogP contribution in [0.1, 0.15) is 31.0 Å². The van der Waals surface area contributed by atoms with Crippen molar-refractivity contribution in [2.24, 2.45) is 5.92 Å². The minimum absolute atomic E-state index is 0.190. The SMILES string of the molecule is Cc1ccccc1[C@@H](NCCO)C(C)C. The second-order valence-electron chi connectivity index (χ2n) is 4.26. The summed E-state index contributed by atoms with van der Waals surface area (Å²) in [5, 5.41) is 12.2. The fraction of sp³-hybridized carbons (Fsp3) is 0.538. The third-order valence-electron chi connectivity index (χ3n) is 2.67. The average molecular weight is 207 g/mol. The molecule has 2 nitrogen and oxygen atoms in total. The van der Waals surface area contributed by atoms with Crippen LogP contribution in [0.4, 0.5) is 0 Å². The highest BCUT2D eigenvalue weighted by molar-refractivity contribution is 5.29. The Labute approximate surface area is 92.3 Å². The molecule has 0 saturated heterocycles. The summed E-state index contributed by atoms with van der Waals surface area (Å²) in [6.45, 7) is 7.36. The van der Waals surface area contributed by atoms with Crippen molar-refractivity contribution in [2.75, 3.05) is 13.2 Å². The van der Waals surface area contributed by atoms with E-state index in [9.17, 15) is 0 Å². The first-order valence-corrected chi connectivity index (χ1v) is 5.56. The van der Waals surface area contributed by atoms with Gasteiger partial charge in [0.15, 0.2) is 0 Å². The molecule has 0 amide bonds. The van der Waals surface area contributed by atoms with E-state index in [4.69, 9.17) is 5.11 Å². The lowest BCUT2D eigenvalue weighted by atomic mass is 9.93. The van der Waals surface area contributed by atoms with E-state index in [-0.39, 0.29) is 6.61 Å². The second-order valence-corrected chi connectivity index (χ2v) is 4.26. The maximum absolute atomic E-state index is 8.85. The summed E-state index contributed by atoms with van der Waals surface area (Å²) in [6.07, 6.45) is 0. The van der Waals surface area contributed by atoms with E-state index < -0.39 is 0 Å². The van der Waals surface area contributed by atoms with Crippen LogP contribution in [0.5, 0.6) is 0 Å². The van der Waals surface area contributed by atoms with Crippen LogP contribution in [0.15, 0.2) is 24.3 Å². The third kappa shape index (κ3) is 3.33. The van der Waals surface area contributed by atoms with Crippen LogP contribution in [-0.4, -0.2) is 18.3 Å². The molecule has 0 spiro atoms. The van der Waals surface area contributed by atoms with Gasteiger partial charge in [0.1, 0.15) is 0 Å². The Hall–Kier alpha value is -0.860. The molecule has 1 atom stereocenters. The Kier molecular flexibility index (Phi) is 4.79. The summed E-state index contributed by atoms with van der Waals surface area (Å²) in [4.78, 5) is 0. The molecule has 1 rings (SSSR count). The Bertz CT molecular complexity index is 296. The highest BCUT2D eigenvalue weighted by Crippen LogP contribution is 2.24. The minimum atomic E-state index is 0.190. The summed E-state index contributed by atoms with van der Waals surface area (Å²) >= 11 is 0. The first-order valence-electron chi connectivity index (χ1n) is 5.56. The molecule has 0 aliphatic rings. The molecule has 0 heterocycles. The zero-order valence-electron chi connectivity index (χ0n) is 9.83. The van der Waals surface area contributed by atoms with Crippen LogP contribution in [0.2, 0.25) is 0 Å². The van der Waals surface area contributed by atoms with Gasteiger partial charge in [-0.1, -0.05) is 38.1 Å². The van der Waals surface area contributed by atoms with Crippen LogP contribution < -0.4 is 5.32 Å². The van der Waals surface area contributed by atoms with Gasteiger partial charge in [0, 0.05) is 12.6 Å². The van der Waals surface area contributed by atoms with E-state index >= 15 is 0 Å². The lowest BCUT2D eigenvalue weighted by molar-refractivity contribution is 0.274. The minimum Gasteiger partial charge on any atom is -0.395 e. The van der Waals surface area contributed by atoms with Crippen LogP contribution in [0, 0.1) is 12.8 Å². The lowest BCUT2D eigenvalue weighted by Gasteiger charge is -2.24. The fourth-order valence-corrected chi connectivity index (χ4v) is 1.86. The Balaban J connectivity index is 2.84. The molecule has 0 bridgehead atoms. The molecule has 0 aromatic heterocycles. The normalized spacial score (nSPS) is 13.1. The van der Waals surface area contributed by atoms with Crippen molar-refractivity contribution < 1.29 is 5.11 Å². The van der Waals surface area contributed by atoms with Gasteiger partial charge in [0.25, 0.3) is 0 Å². The molecule has 15 heavy (non-hydrogen) atoms. The van der Waals surface area contributed by atoms with Gasteiger partial charge in [-0.3, -0.25) is 0 Å². The van der Waals surface area contributed by atoms with Gasteiger partial charge in [0.05, 0.1) is 6.61 Å². The molecule has 2 N–H and O–H groups in total. The van der Waals surface area contributed by atoms with Crippen molar-refractivity contribution in [3.05, 3.63) is 35.4 Å². The summed E-state index contributed by atoms with van der Waals surface area (Å²) in [5.41, 5.74) is 2.64. The molecular formula is C13H21NO. The fourth-order valence-electron chi connectivity index (χ4n) is 1.86. The van der Waals surface area contributed by atoms with Crippen molar-refractivity contribution in [3.8, 4) is 0 Å². The van der Waals surface area contributed by atoms with Gasteiger partial charge in [-0.25, -0.2) is 0 Å². The molecule has 0 saturated carbocycles. The molecule has 0 fully saturated rings.